The van der Waals surface area contributed by atoms with Crippen LogP contribution in [-0.4, -0.2) is 30.1 Å². The highest BCUT2D eigenvalue weighted by Gasteiger charge is 2.49. The van der Waals surface area contributed by atoms with Gasteiger partial charge in [0.2, 0.25) is 0 Å². The molecule has 0 aliphatic carbocycles. The van der Waals surface area contributed by atoms with Gasteiger partial charge in [-0.25, -0.2) is 4.79 Å². The minimum absolute atomic E-state index is 0.241. The minimum Gasteiger partial charge on any atom is -0.490 e. The van der Waals surface area contributed by atoms with Crippen molar-refractivity contribution < 1.29 is 19.1 Å². The summed E-state index contributed by atoms with van der Waals surface area (Å²) in [5.41, 5.74) is 1.59. The summed E-state index contributed by atoms with van der Waals surface area (Å²) in [7, 11) is 0. The van der Waals surface area contributed by atoms with E-state index in [4.69, 9.17) is 9.47 Å². The monoisotopic (exact) mass is 366 g/mol. The van der Waals surface area contributed by atoms with Crippen LogP contribution in [-0.2, 0) is 16.9 Å². The van der Waals surface area contributed by atoms with Gasteiger partial charge < -0.3 is 14.8 Å². The molecule has 6 nitrogen and oxygen atoms in total. The number of rotatable bonds is 3. The molecule has 2 heterocycles. The van der Waals surface area contributed by atoms with Gasteiger partial charge in [-0.2, -0.15) is 0 Å². The maximum Gasteiger partial charge on any atom is 0.325 e. The number of carbonyl (C=O) groups excluding carboxylic acids is 2. The largest absolute Gasteiger partial charge is 0.490 e. The molecule has 2 aromatic carbocycles. The van der Waals surface area contributed by atoms with Crippen LogP contribution in [0.4, 0.5) is 4.79 Å². The Morgan fingerprint density at radius 3 is 2.48 bits per heavy atom. The second-order valence-electron chi connectivity index (χ2n) is 7.14. The second kappa shape index (κ2) is 6.61. The average molecular weight is 366 g/mol. The van der Waals surface area contributed by atoms with Crippen LogP contribution < -0.4 is 14.8 Å². The van der Waals surface area contributed by atoms with Gasteiger partial charge in [-0.05, 0) is 37.1 Å². The number of benzene rings is 2. The predicted molar refractivity (Wildman–Crippen MR) is 99.7 cm³/mol. The van der Waals surface area contributed by atoms with Crippen molar-refractivity contribution in [1.29, 1.82) is 0 Å². The van der Waals surface area contributed by atoms with Crippen molar-refractivity contribution >= 4 is 11.9 Å². The van der Waals surface area contributed by atoms with Gasteiger partial charge in [0.15, 0.2) is 11.5 Å². The lowest BCUT2D eigenvalue weighted by molar-refractivity contribution is -0.131. The smallest absolute Gasteiger partial charge is 0.325 e. The fourth-order valence-corrected chi connectivity index (χ4v) is 3.39. The first-order valence-corrected chi connectivity index (χ1v) is 9.07. The molecule has 27 heavy (non-hydrogen) atoms. The van der Waals surface area contributed by atoms with E-state index in [1.54, 1.807) is 25.1 Å². The fourth-order valence-electron chi connectivity index (χ4n) is 3.39. The van der Waals surface area contributed by atoms with Crippen molar-refractivity contribution in [3.05, 3.63) is 59.2 Å². The molecular formula is C21H22N2O4. The number of ether oxygens (including phenoxy) is 2. The predicted octanol–water partition coefficient (Wildman–Crippen LogP) is 3.12. The summed E-state index contributed by atoms with van der Waals surface area (Å²) in [6, 6.07) is 12.8. The molecule has 0 aromatic heterocycles. The highest BCUT2D eigenvalue weighted by Crippen LogP contribution is 2.37. The summed E-state index contributed by atoms with van der Waals surface area (Å²) in [5.74, 6) is 0.987. The van der Waals surface area contributed by atoms with E-state index in [0.717, 1.165) is 17.5 Å². The van der Waals surface area contributed by atoms with Gasteiger partial charge in [0.1, 0.15) is 5.54 Å². The first-order valence-electron chi connectivity index (χ1n) is 9.07. The molecular weight excluding hydrogens is 344 g/mol. The maximum atomic E-state index is 13.1. The van der Waals surface area contributed by atoms with Gasteiger partial charge in [-0.15, -0.1) is 0 Å². The summed E-state index contributed by atoms with van der Waals surface area (Å²) < 4.78 is 11.4. The van der Waals surface area contributed by atoms with E-state index < -0.39 is 11.6 Å². The highest BCUT2D eigenvalue weighted by atomic mass is 16.5. The summed E-state index contributed by atoms with van der Waals surface area (Å²) in [6.45, 7) is 5.13. The molecule has 1 fully saturated rings. The topological polar surface area (TPSA) is 67.9 Å². The summed E-state index contributed by atoms with van der Waals surface area (Å²) >= 11 is 0. The molecule has 2 aromatic rings. The summed E-state index contributed by atoms with van der Waals surface area (Å²) in [4.78, 5) is 26.9. The Bertz CT molecular complexity index is 894. The summed E-state index contributed by atoms with van der Waals surface area (Å²) in [5, 5.41) is 2.84. The second-order valence-corrected chi connectivity index (χ2v) is 7.14. The molecule has 0 spiro atoms. The normalized spacial score (nSPS) is 21.8. The molecule has 0 saturated carbocycles. The molecule has 1 atom stereocenters. The van der Waals surface area contributed by atoms with Crippen molar-refractivity contribution in [3.63, 3.8) is 0 Å². The Morgan fingerprint density at radius 1 is 1.04 bits per heavy atom. The van der Waals surface area contributed by atoms with Gasteiger partial charge in [-0.3, -0.25) is 9.69 Å². The van der Waals surface area contributed by atoms with E-state index in [1.807, 2.05) is 31.2 Å². The van der Waals surface area contributed by atoms with Gasteiger partial charge in [-0.1, -0.05) is 35.9 Å². The minimum atomic E-state index is -1.13. The first-order chi connectivity index (χ1) is 13.0. The van der Waals surface area contributed by atoms with Crippen LogP contribution in [0.3, 0.4) is 0 Å². The number of hydrogen-bond acceptors (Lipinski definition) is 4. The highest BCUT2D eigenvalue weighted by molar-refractivity contribution is 6.07. The number of nitrogens with one attached hydrogen (secondary N) is 1. The van der Waals surface area contributed by atoms with Gasteiger partial charge in [0.25, 0.3) is 5.91 Å². The lowest BCUT2D eigenvalue weighted by Crippen LogP contribution is -2.40. The van der Waals surface area contributed by atoms with E-state index >= 15 is 0 Å². The van der Waals surface area contributed by atoms with Crippen LogP contribution in [0.25, 0.3) is 0 Å². The molecule has 2 aliphatic heterocycles. The standard InChI is InChI=1S/C21H22N2O4/c1-14-4-6-15(7-5-14)13-23-19(24)21(2,22-20(23)25)16-8-9-17-18(12-16)27-11-3-10-26-17/h4-9,12H,3,10-11,13H2,1-2H3,(H,22,25)/t21-/m1/s1. The number of aryl methyl sites for hydroxylation is 1. The molecule has 4 rings (SSSR count). The van der Waals surface area contributed by atoms with Crippen LogP contribution in [0.1, 0.15) is 30.0 Å². The van der Waals surface area contributed by atoms with Crippen molar-refractivity contribution in [2.24, 2.45) is 0 Å². The van der Waals surface area contributed by atoms with Crippen molar-refractivity contribution in [1.82, 2.24) is 10.2 Å². The van der Waals surface area contributed by atoms with E-state index in [9.17, 15) is 9.59 Å². The van der Waals surface area contributed by atoms with Gasteiger partial charge in [0.05, 0.1) is 19.8 Å². The average Bonchev–Trinajstić information content (AvgIpc) is 2.84. The Labute approximate surface area is 158 Å². The number of urea groups is 1. The number of imide groups is 1. The van der Waals surface area contributed by atoms with E-state index in [1.165, 1.54) is 4.90 Å². The molecule has 2 aliphatic rings. The lowest BCUT2D eigenvalue weighted by atomic mass is 9.91. The fraction of sp³-hybridized carbons (Fsp3) is 0.333. The van der Waals surface area contributed by atoms with Gasteiger partial charge in [0, 0.05) is 6.42 Å². The SMILES string of the molecule is Cc1ccc(CN2C(=O)N[C@](C)(c3ccc4c(c3)OCCCO4)C2=O)cc1. The van der Waals surface area contributed by atoms with Crippen molar-refractivity contribution in [2.75, 3.05) is 13.2 Å². The molecule has 1 N–H and O–H groups in total. The van der Waals surface area contributed by atoms with E-state index in [0.29, 0.717) is 30.3 Å². The van der Waals surface area contributed by atoms with Crippen LogP contribution in [0.2, 0.25) is 0 Å². The molecule has 3 amide bonds. The zero-order chi connectivity index (χ0) is 19.0. The van der Waals surface area contributed by atoms with Gasteiger partial charge >= 0.3 is 6.03 Å². The Balaban J connectivity index is 1.61. The number of amides is 3. The third-order valence-electron chi connectivity index (χ3n) is 5.06. The molecule has 0 radical (unpaired) electrons. The molecule has 1 saturated heterocycles. The zero-order valence-electron chi connectivity index (χ0n) is 15.5. The molecule has 6 heteroatoms. The van der Waals surface area contributed by atoms with Crippen LogP contribution >= 0.6 is 0 Å². The van der Waals surface area contributed by atoms with Crippen LogP contribution in [0, 0.1) is 6.92 Å². The first kappa shape index (κ1) is 17.4. The lowest BCUT2D eigenvalue weighted by Gasteiger charge is -2.23. The van der Waals surface area contributed by atoms with E-state index in [2.05, 4.69) is 5.32 Å². The van der Waals surface area contributed by atoms with E-state index in [-0.39, 0.29) is 12.5 Å². The number of carbonyl (C=O) groups is 2. The quantitative estimate of drug-likeness (QED) is 0.848. The maximum absolute atomic E-state index is 13.1. The van der Waals surface area contributed by atoms with Crippen LogP contribution in [0.5, 0.6) is 11.5 Å². The van der Waals surface area contributed by atoms with Crippen molar-refractivity contribution in [3.8, 4) is 11.5 Å². The number of fused-ring (bicyclic) bond motifs is 1. The molecule has 0 bridgehead atoms. The summed E-state index contributed by atoms with van der Waals surface area (Å²) in [6.07, 6.45) is 0.807. The Hall–Kier alpha value is -3.02. The Morgan fingerprint density at radius 2 is 1.74 bits per heavy atom. The third kappa shape index (κ3) is 3.12. The zero-order valence-corrected chi connectivity index (χ0v) is 15.5. The Kier molecular flexibility index (Phi) is 4.26. The number of hydrogen-bond donors (Lipinski definition) is 1. The van der Waals surface area contributed by atoms with Crippen molar-refractivity contribution in [2.45, 2.75) is 32.4 Å². The van der Waals surface area contributed by atoms with Crippen LogP contribution in [0.15, 0.2) is 42.5 Å². The number of nitrogens with zero attached hydrogens (tertiary/aromatic N) is 1. The molecule has 0 unspecified atom stereocenters. The third-order valence-corrected chi connectivity index (χ3v) is 5.06. The molecule has 140 valence electrons.